The molecule has 0 amide bonds. The van der Waals surface area contributed by atoms with E-state index >= 15 is 0 Å². The van der Waals surface area contributed by atoms with Crippen LogP contribution in [-0.2, 0) is 12.4 Å². The summed E-state index contributed by atoms with van der Waals surface area (Å²) < 4.78 is 13.2. The number of aliphatic hydroxyl groups excluding tert-OH is 1. The van der Waals surface area contributed by atoms with Crippen molar-refractivity contribution in [3.05, 3.63) is 64.4 Å². The molecular formula is C14H12ClFOS. The SMILES string of the molecule is OCc1ccc(SCc2ccc(Cl)c(F)c2)cc1. The quantitative estimate of drug-likeness (QED) is 0.846. The molecule has 0 spiro atoms. The summed E-state index contributed by atoms with van der Waals surface area (Å²) in [7, 11) is 0. The van der Waals surface area contributed by atoms with Crippen molar-refractivity contribution in [1.82, 2.24) is 0 Å². The summed E-state index contributed by atoms with van der Waals surface area (Å²) >= 11 is 7.24. The van der Waals surface area contributed by atoms with Crippen LogP contribution in [0.2, 0.25) is 5.02 Å². The summed E-state index contributed by atoms with van der Waals surface area (Å²) in [6.45, 7) is 0.0490. The maximum atomic E-state index is 13.2. The number of benzene rings is 2. The fraction of sp³-hybridized carbons (Fsp3) is 0.143. The molecular weight excluding hydrogens is 271 g/mol. The maximum Gasteiger partial charge on any atom is 0.142 e. The Morgan fingerprint density at radius 3 is 2.33 bits per heavy atom. The number of aliphatic hydroxyl groups is 1. The number of hydrogen-bond acceptors (Lipinski definition) is 2. The summed E-state index contributed by atoms with van der Waals surface area (Å²) in [5.74, 6) is 0.303. The van der Waals surface area contributed by atoms with E-state index in [9.17, 15) is 4.39 Å². The van der Waals surface area contributed by atoms with E-state index in [0.29, 0.717) is 5.75 Å². The lowest BCUT2D eigenvalue weighted by molar-refractivity contribution is 0.282. The molecule has 0 saturated carbocycles. The van der Waals surface area contributed by atoms with Gasteiger partial charge in [-0.05, 0) is 35.4 Å². The van der Waals surface area contributed by atoms with Crippen LogP contribution in [-0.4, -0.2) is 5.11 Å². The lowest BCUT2D eigenvalue weighted by atomic mass is 10.2. The third kappa shape index (κ3) is 3.48. The van der Waals surface area contributed by atoms with Gasteiger partial charge in [0.2, 0.25) is 0 Å². The average molecular weight is 283 g/mol. The van der Waals surface area contributed by atoms with Crippen molar-refractivity contribution in [2.45, 2.75) is 17.3 Å². The van der Waals surface area contributed by atoms with Gasteiger partial charge in [-0.25, -0.2) is 4.39 Å². The number of thioether (sulfide) groups is 1. The zero-order valence-corrected chi connectivity index (χ0v) is 11.1. The summed E-state index contributed by atoms with van der Waals surface area (Å²) in [5.41, 5.74) is 1.78. The fourth-order valence-corrected chi connectivity index (χ4v) is 2.45. The first-order valence-electron chi connectivity index (χ1n) is 5.45. The smallest absolute Gasteiger partial charge is 0.142 e. The van der Waals surface area contributed by atoms with Crippen LogP contribution >= 0.6 is 23.4 Å². The van der Waals surface area contributed by atoms with E-state index in [2.05, 4.69) is 0 Å². The van der Waals surface area contributed by atoms with Gasteiger partial charge in [0, 0.05) is 10.6 Å². The molecule has 2 rings (SSSR count). The van der Waals surface area contributed by atoms with E-state index in [1.165, 1.54) is 6.07 Å². The number of rotatable bonds is 4. The molecule has 0 heterocycles. The molecule has 0 aromatic heterocycles. The van der Waals surface area contributed by atoms with Gasteiger partial charge in [0.05, 0.1) is 11.6 Å². The van der Waals surface area contributed by atoms with Crippen LogP contribution in [0.5, 0.6) is 0 Å². The van der Waals surface area contributed by atoms with Crippen LogP contribution < -0.4 is 0 Å². The van der Waals surface area contributed by atoms with Crippen molar-refractivity contribution < 1.29 is 9.50 Å². The van der Waals surface area contributed by atoms with E-state index in [-0.39, 0.29) is 17.4 Å². The zero-order chi connectivity index (χ0) is 13.0. The van der Waals surface area contributed by atoms with E-state index in [1.54, 1.807) is 17.8 Å². The van der Waals surface area contributed by atoms with Crippen LogP contribution in [0.25, 0.3) is 0 Å². The van der Waals surface area contributed by atoms with Crippen LogP contribution in [0.3, 0.4) is 0 Å². The Labute approximate surface area is 115 Å². The Balaban J connectivity index is 1.99. The Morgan fingerprint density at radius 2 is 1.72 bits per heavy atom. The Bertz CT molecular complexity index is 528. The van der Waals surface area contributed by atoms with Crippen molar-refractivity contribution in [3.8, 4) is 0 Å². The molecule has 0 fully saturated rings. The van der Waals surface area contributed by atoms with E-state index in [1.807, 2.05) is 30.3 Å². The molecule has 0 radical (unpaired) electrons. The van der Waals surface area contributed by atoms with E-state index in [0.717, 1.165) is 16.0 Å². The number of hydrogen-bond donors (Lipinski definition) is 1. The summed E-state index contributed by atoms with van der Waals surface area (Å²) in [6.07, 6.45) is 0. The Kier molecular flexibility index (Phi) is 4.64. The van der Waals surface area contributed by atoms with Crippen molar-refractivity contribution in [2.24, 2.45) is 0 Å². The van der Waals surface area contributed by atoms with Gasteiger partial charge in [0.1, 0.15) is 5.82 Å². The molecule has 0 unspecified atom stereocenters. The van der Waals surface area contributed by atoms with Gasteiger partial charge >= 0.3 is 0 Å². The van der Waals surface area contributed by atoms with E-state index in [4.69, 9.17) is 16.7 Å². The molecule has 0 aliphatic carbocycles. The van der Waals surface area contributed by atoms with Gasteiger partial charge in [-0.1, -0.05) is 29.8 Å². The summed E-state index contributed by atoms with van der Waals surface area (Å²) in [5, 5.41) is 9.08. The normalized spacial score (nSPS) is 10.6. The number of halogens is 2. The zero-order valence-electron chi connectivity index (χ0n) is 9.57. The molecule has 2 aromatic rings. The Hall–Kier alpha value is -1.03. The molecule has 1 nitrogen and oxygen atoms in total. The molecule has 18 heavy (non-hydrogen) atoms. The second-order valence-electron chi connectivity index (χ2n) is 3.84. The van der Waals surface area contributed by atoms with Gasteiger partial charge in [0.15, 0.2) is 0 Å². The molecule has 4 heteroatoms. The highest BCUT2D eigenvalue weighted by Gasteiger charge is 2.02. The standard InChI is InChI=1S/C14H12ClFOS/c15-13-6-3-11(7-14(13)16)9-18-12-4-1-10(8-17)2-5-12/h1-7,17H,8-9H2. The van der Waals surface area contributed by atoms with Gasteiger partial charge in [0.25, 0.3) is 0 Å². The van der Waals surface area contributed by atoms with Gasteiger partial charge < -0.3 is 5.11 Å². The predicted octanol–water partition coefficient (Wildman–Crippen LogP) is 4.26. The lowest BCUT2D eigenvalue weighted by Crippen LogP contribution is -1.85. The molecule has 0 aliphatic heterocycles. The third-order valence-corrected chi connectivity index (χ3v) is 3.89. The van der Waals surface area contributed by atoms with Crippen molar-refractivity contribution in [1.29, 1.82) is 0 Å². The van der Waals surface area contributed by atoms with Crippen molar-refractivity contribution in [3.63, 3.8) is 0 Å². The monoisotopic (exact) mass is 282 g/mol. The largest absolute Gasteiger partial charge is 0.392 e. The maximum absolute atomic E-state index is 13.2. The van der Waals surface area contributed by atoms with Crippen molar-refractivity contribution in [2.75, 3.05) is 0 Å². The summed E-state index contributed by atoms with van der Waals surface area (Å²) in [6, 6.07) is 12.5. The second kappa shape index (κ2) is 6.23. The minimum Gasteiger partial charge on any atom is -0.392 e. The first-order valence-corrected chi connectivity index (χ1v) is 6.82. The molecule has 0 bridgehead atoms. The fourth-order valence-electron chi connectivity index (χ4n) is 1.49. The molecule has 0 atom stereocenters. The molecule has 0 saturated heterocycles. The molecule has 0 aliphatic rings. The van der Waals surface area contributed by atoms with Crippen molar-refractivity contribution >= 4 is 23.4 Å². The molecule has 94 valence electrons. The summed E-state index contributed by atoms with van der Waals surface area (Å²) in [4.78, 5) is 1.09. The highest BCUT2D eigenvalue weighted by atomic mass is 35.5. The highest BCUT2D eigenvalue weighted by molar-refractivity contribution is 7.98. The Morgan fingerprint density at radius 1 is 1.06 bits per heavy atom. The highest BCUT2D eigenvalue weighted by Crippen LogP contribution is 2.25. The topological polar surface area (TPSA) is 20.2 Å². The third-order valence-electron chi connectivity index (χ3n) is 2.50. The average Bonchev–Trinajstić information content (AvgIpc) is 2.41. The van der Waals surface area contributed by atoms with Crippen LogP contribution in [0, 0.1) is 5.82 Å². The van der Waals surface area contributed by atoms with Gasteiger partial charge in [-0.15, -0.1) is 11.8 Å². The minimum atomic E-state index is -0.384. The van der Waals surface area contributed by atoms with Gasteiger partial charge in [-0.2, -0.15) is 0 Å². The molecule has 1 N–H and O–H groups in total. The lowest BCUT2D eigenvalue weighted by Gasteiger charge is -2.04. The van der Waals surface area contributed by atoms with Crippen LogP contribution in [0.15, 0.2) is 47.4 Å². The molecule has 2 aromatic carbocycles. The second-order valence-corrected chi connectivity index (χ2v) is 5.30. The first kappa shape index (κ1) is 13.4. The minimum absolute atomic E-state index is 0.0490. The first-order chi connectivity index (χ1) is 8.69. The van der Waals surface area contributed by atoms with Crippen LogP contribution in [0.4, 0.5) is 4.39 Å². The predicted molar refractivity (Wildman–Crippen MR) is 73.3 cm³/mol. The van der Waals surface area contributed by atoms with Crippen LogP contribution in [0.1, 0.15) is 11.1 Å². The van der Waals surface area contributed by atoms with E-state index < -0.39 is 0 Å². The van der Waals surface area contributed by atoms with Gasteiger partial charge in [-0.3, -0.25) is 0 Å².